The molecule has 2 amide bonds. The Morgan fingerprint density at radius 2 is 1.61 bits per heavy atom. The average Bonchev–Trinajstić information content (AvgIpc) is 3.00. The minimum absolute atomic E-state index is 0.00903. The van der Waals surface area contributed by atoms with E-state index in [1.807, 2.05) is 39.8 Å². The summed E-state index contributed by atoms with van der Waals surface area (Å²) in [6, 6.07) is 18.3. The molecule has 0 aromatic heterocycles. The van der Waals surface area contributed by atoms with E-state index in [2.05, 4.69) is 5.32 Å². The van der Waals surface area contributed by atoms with E-state index in [1.54, 1.807) is 42.5 Å². The van der Waals surface area contributed by atoms with Gasteiger partial charge in [-0.05, 0) is 80.8 Å². The maximum Gasteiger partial charge on any atom is 0.282 e. The van der Waals surface area contributed by atoms with Gasteiger partial charge in [0.05, 0.1) is 17.4 Å². The van der Waals surface area contributed by atoms with Crippen LogP contribution in [0.2, 0.25) is 0 Å². The van der Waals surface area contributed by atoms with Crippen molar-refractivity contribution in [1.82, 2.24) is 0 Å². The van der Waals surface area contributed by atoms with Crippen molar-refractivity contribution in [3.8, 4) is 5.75 Å². The van der Waals surface area contributed by atoms with Gasteiger partial charge < -0.3 is 10.1 Å². The summed E-state index contributed by atoms with van der Waals surface area (Å²) in [7, 11) is 0. The normalized spacial score (nSPS) is 13.8. The Hall–Kier alpha value is -3.93. The Labute approximate surface area is 192 Å². The van der Waals surface area contributed by atoms with Crippen LogP contribution in [0, 0.1) is 19.7 Å². The molecular weight excluding hydrogens is 419 g/mol. The predicted octanol–water partition coefficient (Wildman–Crippen LogP) is 5.63. The molecule has 5 nitrogen and oxygen atoms in total. The van der Waals surface area contributed by atoms with Gasteiger partial charge in [0.25, 0.3) is 11.8 Å². The maximum atomic E-state index is 13.8. The summed E-state index contributed by atoms with van der Waals surface area (Å²) in [5.41, 5.74) is 3.61. The van der Waals surface area contributed by atoms with Crippen molar-refractivity contribution < 1.29 is 18.7 Å². The number of rotatable bonds is 6. The van der Waals surface area contributed by atoms with E-state index in [0.717, 1.165) is 11.1 Å². The number of amides is 2. The van der Waals surface area contributed by atoms with Crippen molar-refractivity contribution in [2.24, 2.45) is 0 Å². The van der Waals surface area contributed by atoms with Gasteiger partial charge in [-0.2, -0.15) is 0 Å². The van der Waals surface area contributed by atoms with Crippen LogP contribution in [-0.4, -0.2) is 17.9 Å². The third-order valence-electron chi connectivity index (χ3n) is 5.51. The van der Waals surface area contributed by atoms with Crippen LogP contribution >= 0.6 is 0 Å². The Balaban J connectivity index is 1.81. The predicted molar refractivity (Wildman–Crippen MR) is 128 cm³/mol. The molecule has 0 radical (unpaired) electrons. The Kier molecular flexibility index (Phi) is 6.01. The molecule has 0 atom stereocenters. The van der Waals surface area contributed by atoms with Crippen molar-refractivity contribution in [3.63, 3.8) is 0 Å². The largest absolute Gasteiger partial charge is 0.491 e. The highest BCUT2D eigenvalue weighted by atomic mass is 19.1. The molecule has 0 saturated carbocycles. The smallest absolute Gasteiger partial charge is 0.282 e. The van der Waals surface area contributed by atoms with Gasteiger partial charge >= 0.3 is 0 Å². The molecule has 1 aliphatic heterocycles. The van der Waals surface area contributed by atoms with Crippen LogP contribution in [0.25, 0.3) is 5.57 Å². The van der Waals surface area contributed by atoms with Gasteiger partial charge in [0.1, 0.15) is 17.3 Å². The second-order valence-corrected chi connectivity index (χ2v) is 8.24. The quantitative estimate of drug-likeness (QED) is 0.501. The highest BCUT2D eigenvalue weighted by molar-refractivity contribution is 6.46. The van der Waals surface area contributed by atoms with Crippen LogP contribution in [0.3, 0.4) is 0 Å². The highest BCUT2D eigenvalue weighted by Crippen LogP contribution is 2.36. The first kappa shape index (κ1) is 22.3. The summed E-state index contributed by atoms with van der Waals surface area (Å²) >= 11 is 0. The van der Waals surface area contributed by atoms with Crippen LogP contribution in [0.1, 0.15) is 30.5 Å². The van der Waals surface area contributed by atoms with Crippen LogP contribution in [0.4, 0.5) is 15.8 Å². The Morgan fingerprint density at radius 1 is 0.909 bits per heavy atom. The van der Waals surface area contributed by atoms with E-state index in [9.17, 15) is 14.0 Å². The lowest BCUT2D eigenvalue weighted by Gasteiger charge is -2.19. The number of anilines is 2. The Morgan fingerprint density at radius 3 is 2.27 bits per heavy atom. The fourth-order valence-electron chi connectivity index (χ4n) is 3.79. The summed E-state index contributed by atoms with van der Waals surface area (Å²) in [6.07, 6.45) is 0.00903. The summed E-state index contributed by atoms with van der Waals surface area (Å²) in [5, 5.41) is 2.99. The molecule has 33 heavy (non-hydrogen) atoms. The van der Waals surface area contributed by atoms with Crippen molar-refractivity contribution >= 4 is 28.8 Å². The number of imide groups is 1. The molecule has 1 heterocycles. The minimum Gasteiger partial charge on any atom is -0.491 e. The van der Waals surface area contributed by atoms with Crippen molar-refractivity contribution in [1.29, 1.82) is 0 Å². The minimum atomic E-state index is -0.490. The molecule has 6 heteroatoms. The molecule has 3 aromatic carbocycles. The number of nitrogens with one attached hydrogen (secondary N) is 1. The van der Waals surface area contributed by atoms with Gasteiger partial charge in [-0.1, -0.05) is 30.3 Å². The van der Waals surface area contributed by atoms with E-state index in [1.165, 1.54) is 17.0 Å². The number of benzene rings is 3. The van der Waals surface area contributed by atoms with Crippen LogP contribution in [0.5, 0.6) is 5.75 Å². The van der Waals surface area contributed by atoms with E-state index in [4.69, 9.17) is 4.74 Å². The first-order valence-electron chi connectivity index (χ1n) is 10.7. The summed E-state index contributed by atoms with van der Waals surface area (Å²) in [4.78, 5) is 28.3. The zero-order valence-corrected chi connectivity index (χ0v) is 19.0. The molecule has 4 rings (SSSR count). The second kappa shape index (κ2) is 8.90. The van der Waals surface area contributed by atoms with Crippen molar-refractivity contribution in [3.05, 3.63) is 94.9 Å². The van der Waals surface area contributed by atoms with Gasteiger partial charge in [0, 0.05) is 5.69 Å². The lowest BCUT2D eigenvalue weighted by molar-refractivity contribution is -0.120. The summed E-state index contributed by atoms with van der Waals surface area (Å²) < 4.78 is 19.5. The zero-order valence-electron chi connectivity index (χ0n) is 19.0. The zero-order chi connectivity index (χ0) is 23.7. The average molecular weight is 445 g/mol. The van der Waals surface area contributed by atoms with E-state index >= 15 is 0 Å². The summed E-state index contributed by atoms with van der Waals surface area (Å²) in [5.74, 6) is -0.710. The fraction of sp³-hybridized carbons (Fsp3) is 0.185. The van der Waals surface area contributed by atoms with Gasteiger partial charge in [0.2, 0.25) is 0 Å². The first-order valence-corrected chi connectivity index (χ1v) is 10.7. The third kappa shape index (κ3) is 4.37. The number of halogens is 1. The molecule has 0 aliphatic carbocycles. The number of hydrogen-bond donors (Lipinski definition) is 1. The molecule has 0 bridgehead atoms. The van der Waals surface area contributed by atoms with Crippen molar-refractivity contribution in [2.45, 2.75) is 33.8 Å². The van der Waals surface area contributed by atoms with E-state index in [-0.39, 0.29) is 17.4 Å². The molecule has 1 N–H and O–H groups in total. The van der Waals surface area contributed by atoms with Crippen LogP contribution < -0.4 is 15.0 Å². The number of nitrogens with zero attached hydrogens (tertiary/aromatic N) is 1. The number of aryl methyl sites for hydroxylation is 1. The molecular formula is C27H25FN2O3. The van der Waals surface area contributed by atoms with Crippen LogP contribution in [-0.2, 0) is 9.59 Å². The highest BCUT2D eigenvalue weighted by Gasteiger charge is 2.41. The van der Waals surface area contributed by atoms with E-state index in [0.29, 0.717) is 22.7 Å². The number of ether oxygens (including phenoxy) is 1. The van der Waals surface area contributed by atoms with Gasteiger partial charge in [-0.3, -0.25) is 9.59 Å². The molecule has 0 unspecified atom stereocenters. The van der Waals surface area contributed by atoms with Crippen molar-refractivity contribution in [2.75, 3.05) is 10.2 Å². The number of carbonyl (C=O) groups excluding carboxylic acids is 2. The molecule has 1 aliphatic rings. The van der Waals surface area contributed by atoms with Gasteiger partial charge in [0.15, 0.2) is 0 Å². The van der Waals surface area contributed by atoms with Gasteiger partial charge in [-0.15, -0.1) is 0 Å². The first-order chi connectivity index (χ1) is 15.8. The molecule has 0 saturated heterocycles. The molecule has 0 spiro atoms. The number of carbonyl (C=O) groups is 2. The fourth-order valence-corrected chi connectivity index (χ4v) is 3.79. The molecule has 0 fully saturated rings. The molecule has 3 aromatic rings. The lowest BCUT2D eigenvalue weighted by Crippen LogP contribution is -2.33. The molecule has 168 valence electrons. The van der Waals surface area contributed by atoms with Gasteiger partial charge in [-0.25, -0.2) is 9.29 Å². The van der Waals surface area contributed by atoms with E-state index < -0.39 is 17.6 Å². The SMILES string of the molecule is Cc1cccc(N2C(=O)C(Nc3cccc(F)c3)=C(c3ccc(OC(C)C)cc3)C2=O)c1C. The monoisotopic (exact) mass is 444 g/mol. The third-order valence-corrected chi connectivity index (χ3v) is 5.51. The topological polar surface area (TPSA) is 58.6 Å². The Bertz CT molecular complexity index is 1260. The standard InChI is InChI=1S/C27H25FN2O3/c1-16(2)33-22-13-11-19(12-14-22)24-25(29-21-9-6-8-20(28)15-21)27(32)30(26(24)31)23-10-5-7-17(3)18(23)4/h5-16,29H,1-4H3. The summed E-state index contributed by atoms with van der Waals surface area (Å²) in [6.45, 7) is 7.66. The maximum absolute atomic E-state index is 13.8. The van der Waals surface area contributed by atoms with Crippen LogP contribution in [0.15, 0.2) is 72.4 Å². The number of hydrogen-bond acceptors (Lipinski definition) is 4. The lowest BCUT2D eigenvalue weighted by atomic mass is 10.0. The second-order valence-electron chi connectivity index (χ2n) is 8.24.